The van der Waals surface area contributed by atoms with Crippen molar-refractivity contribution in [3.05, 3.63) is 90.6 Å². The van der Waals surface area contributed by atoms with Gasteiger partial charge in [-0.25, -0.2) is 4.79 Å². The number of hydrogen-bond donors (Lipinski definition) is 1. The van der Waals surface area contributed by atoms with Gasteiger partial charge in [0.1, 0.15) is 11.4 Å². The number of rotatable bonds is 5. The van der Waals surface area contributed by atoms with Crippen LogP contribution in [0, 0.1) is 0 Å². The van der Waals surface area contributed by atoms with E-state index in [1.165, 1.54) is 5.69 Å². The molecule has 4 aromatic heterocycles. The second-order valence-corrected chi connectivity index (χ2v) is 8.31. The fraction of sp³-hybridized carbons (Fsp3) is 0.148. The summed E-state index contributed by atoms with van der Waals surface area (Å²) < 4.78 is 7.59. The summed E-state index contributed by atoms with van der Waals surface area (Å²) in [7, 11) is 0. The average Bonchev–Trinajstić information content (AvgIpc) is 3.50. The van der Waals surface area contributed by atoms with Gasteiger partial charge in [0.25, 0.3) is 0 Å². The maximum absolute atomic E-state index is 12.3. The molecule has 172 valence electrons. The minimum Gasteiger partial charge on any atom is -0.410 e. The molecule has 6 rings (SSSR count). The predicted molar refractivity (Wildman–Crippen MR) is 132 cm³/mol. The number of aromatic nitrogens is 5. The molecule has 0 unspecified atom stereocenters. The maximum atomic E-state index is 12.3. The van der Waals surface area contributed by atoms with E-state index in [0.717, 1.165) is 58.5 Å². The van der Waals surface area contributed by atoms with Crippen LogP contribution in [0.3, 0.4) is 0 Å². The van der Waals surface area contributed by atoms with Gasteiger partial charge in [0.2, 0.25) is 0 Å². The first-order chi connectivity index (χ1) is 17.3. The van der Waals surface area contributed by atoms with Gasteiger partial charge in [0, 0.05) is 47.8 Å². The van der Waals surface area contributed by atoms with Crippen LogP contribution in [0.5, 0.6) is 5.75 Å². The van der Waals surface area contributed by atoms with Crippen LogP contribution in [-0.4, -0.2) is 30.8 Å². The van der Waals surface area contributed by atoms with Gasteiger partial charge in [-0.1, -0.05) is 12.1 Å². The Morgan fingerprint density at radius 3 is 2.69 bits per heavy atom. The zero-order valence-electron chi connectivity index (χ0n) is 18.9. The van der Waals surface area contributed by atoms with Gasteiger partial charge >= 0.3 is 6.09 Å². The molecule has 0 atom stereocenters. The lowest BCUT2D eigenvalue weighted by Crippen LogP contribution is -2.26. The molecule has 5 heterocycles. The van der Waals surface area contributed by atoms with E-state index in [4.69, 9.17) is 9.84 Å². The molecule has 0 bridgehead atoms. The van der Waals surface area contributed by atoms with Crippen LogP contribution < -0.4 is 10.1 Å². The third-order valence-electron chi connectivity index (χ3n) is 6.08. The van der Waals surface area contributed by atoms with Crippen molar-refractivity contribution in [2.45, 2.75) is 25.9 Å². The van der Waals surface area contributed by atoms with Crippen molar-refractivity contribution in [3.8, 4) is 28.3 Å². The van der Waals surface area contributed by atoms with E-state index in [2.05, 4.69) is 25.0 Å². The first-order valence-corrected chi connectivity index (χ1v) is 11.5. The Hall–Kier alpha value is -4.59. The normalized spacial score (nSPS) is 12.5. The summed E-state index contributed by atoms with van der Waals surface area (Å²) in [6.45, 7) is 1.20. The van der Waals surface area contributed by atoms with Crippen molar-refractivity contribution in [2.75, 3.05) is 0 Å². The minimum absolute atomic E-state index is 0.290. The third-order valence-corrected chi connectivity index (χ3v) is 6.08. The number of ether oxygens (including phenoxy) is 1. The van der Waals surface area contributed by atoms with Crippen molar-refractivity contribution >= 4 is 17.0 Å². The van der Waals surface area contributed by atoms with Gasteiger partial charge < -0.3 is 10.1 Å². The molecule has 0 aliphatic carbocycles. The summed E-state index contributed by atoms with van der Waals surface area (Å²) in [5.74, 6) is 0.422. The molecule has 1 N–H and O–H groups in total. The number of carbonyl (C=O) groups is 1. The molecule has 35 heavy (non-hydrogen) atoms. The van der Waals surface area contributed by atoms with Crippen LogP contribution in [-0.2, 0) is 19.5 Å². The summed E-state index contributed by atoms with van der Waals surface area (Å²) in [5.41, 5.74) is 6.57. The molecular weight excluding hydrogens is 440 g/mol. The van der Waals surface area contributed by atoms with Crippen LogP contribution in [0.2, 0.25) is 0 Å². The standard InChI is InChI=1S/C27H22N6O2/c34-27(31-17-18-6-1-3-12-28-18)35-19-9-10-20-21(11-14-30-23(20)16-19)25-24-8-5-15-33(24)32-26(25)22-7-2-4-13-29-22/h1-4,6-7,9-14,16H,5,8,15,17H2,(H,31,34). The first kappa shape index (κ1) is 21.0. The zero-order chi connectivity index (χ0) is 23.6. The van der Waals surface area contributed by atoms with Crippen molar-refractivity contribution in [1.82, 2.24) is 30.0 Å². The van der Waals surface area contributed by atoms with Gasteiger partial charge in [-0.2, -0.15) is 5.10 Å². The number of benzene rings is 1. The van der Waals surface area contributed by atoms with E-state index in [1.807, 2.05) is 48.5 Å². The van der Waals surface area contributed by atoms with Gasteiger partial charge in [-0.15, -0.1) is 0 Å². The number of amides is 1. The van der Waals surface area contributed by atoms with E-state index < -0.39 is 6.09 Å². The van der Waals surface area contributed by atoms with Crippen LogP contribution in [0.15, 0.2) is 79.3 Å². The highest BCUT2D eigenvalue weighted by Gasteiger charge is 2.25. The van der Waals surface area contributed by atoms with E-state index in [0.29, 0.717) is 12.3 Å². The number of hydrogen-bond acceptors (Lipinski definition) is 6. The second kappa shape index (κ2) is 8.98. The maximum Gasteiger partial charge on any atom is 0.412 e. The lowest BCUT2D eigenvalue weighted by molar-refractivity contribution is 0.200. The highest BCUT2D eigenvalue weighted by Crippen LogP contribution is 2.40. The summed E-state index contributed by atoms with van der Waals surface area (Å²) in [6.07, 6.45) is 6.76. The third kappa shape index (κ3) is 4.10. The van der Waals surface area contributed by atoms with Crippen molar-refractivity contribution < 1.29 is 9.53 Å². The Morgan fingerprint density at radius 1 is 0.971 bits per heavy atom. The number of carbonyl (C=O) groups excluding carboxylic acids is 1. The number of aryl methyl sites for hydroxylation is 1. The van der Waals surface area contributed by atoms with Gasteiger partial charge in [0.15, 0.2) is 0 Å². The molecular formula is C27H22N6O2. The molecule has 8 heteroatoms. The Balaban J connectivity index is 1.32. The number of nitrogens with one attached hydrogen (secondary N) is 1. The zero-order valence-corrected chi connectivity index (χ0v) is 18.9. The topological polar surface area (TPSA) is 94.8 Å². The highest BCUT2D eigenvalue weighted by atomic mass is 16.6. The van der Waals surface area contributed by atoms with E-state index in [1.54, 1.807) is 30.7 Å². The molecule has 0 saturated heterocycles. The van der Waals surface area contributed by atoms with Gasteiger partial charge in [-0.05, 0) is 60.9 Å². The lowest BCUT2D eigenvalue weighted by Gasteiger charge is -2.11. The largest absolute Gasteiger partial charge is 0.412 e. The van der Waals surface area contributed by atoms with E-state index >= 15 is 0 Å². The molecule has 0 radical (unpaired) electrons. The second-order valence-electron chi connectivity index (χ2n) is 8.31. The summed E-state index contributed by atoms with van der Waals surface area (Å²) in [6, 6.07) is 18.9. The average molecular weight is 463 g/mol. The van der Waals surface area contributed by atoms with Crippen molar-refractivity contribution in [1.29, 1.82) is 0 Å². The van der Waals surface area contributed by atoms with Crippen LogP contribution in [0.25, 0.3) is 33.4 Å². The molecule has 1 aliphatic heterocycles. The molecule has 0 fully saturated rings. The summed E-state index contributed by atoms with van der Waals surface area (Å²) in [4.78, 5) is 25.6. The fourth-order valence-electron chi connectivity index (χ4n) is 4.52. The van der Waals surface area contributed by atoms with Gasteiger partial charge in [0.05, 0.1) is 23.4 Å². The molecule has 8 nitrogen and oxygen atoms in total. The molecule has 0 spiro atoms. The van der Waals surface area contributed by atoms with Gasteiger partial charge in [-0.3, -0.25) is 19.6 Å². The molecule has 1 amide bonds. The predicted octanol–water partition coefficient (Wildman–Crippen LogP) is 4.79. The Kier molecular flexibility index (Phi) is 5.38. The monoisotopic (exact) mass is 462 g/mol. The van der Waals surface area contributed by atoms with Crippen LogP contribution in [0.4, 0.5) is 4.79 Å². The van der Waals surface area contributed by atoms with Crippen molar-refractivity contribution in [3.63, 3.8) is 0 Å². The molecule has 1 aliphatic rings. The Labute approximate surface area is 201 Å². The van der Waals surface area contributed by atoms with Crippen LogP contribution in [0.1, 0.15) is 17.8 Å². The lowest BCUT2D eigenvalue weighted by atomic mass is 9.96. The molecule has 1 aromatic carbocycles. The number of fused-ring (bicyclic) bond motifs is 2. The quantitative estimate of drug-likeness (QED) is 0.404. The van der Waals surface area contributed by atoms with Crippen LogP contribution >= 0.6 is 0 Å². The first-order valence-electron chi connectivity index (χ1n) is 11.5. The summed E-state index contributed by atoms with van der Waals surface area (Å²) in [5, 5.41) is 8.58. The summed E-state index contributed by atoms with van der Waals surface area (Å²) >= 11 is 0. The number of pyridine rings is 3. The van der Waals surface area contributed by atoms with E-state index in [-0.39, 0.29) is 0 Å². The Bertz CT molecular complexity index is 1520. The molecule has 0 saturated carbocycles. The molecule has 5 aromatic rings. The highest BCUT2D eigenvalue weighted by molar-refractivity contribution is 5.99. The minimum atomic E-state index is -0.543. The smallest absolute Gasteiger partial charge is 0.410 e. The van der Waals surface area contributed by atoms with Crippen molar-refractivity contribution in [2.24, 2.45) is 0 Å². The van der Waals surface area contributed by atoms with E-state index in [9.17, 15) is 4.79 Å². The SMILES string of the molecule is O=C(NCc1ccccn1)Oc1ccc2c(-c3c(-c4ccccn4)nn4c3CCC4)ccnc2c1. The Morgan fingerprint density at radius 2 is 1.86 bits per heavy atom. The number of nitrogens with zero attached hydrogens (tertiary/aromatic N) is 5. The fourth-order valence-corrected chi connectivity index (χ4v) is 4.52.